The van der Waals surface area contributed by atoms with Gasteiger partial charge in [-0.2, -0.15) is 0 Å². The van der Waals surface area contributed by atoms with Crippen molar-refractivity contribution in [1.29, 1.82) is 0 Å². The van der Waals surface area contributed by atoms with E-state index >= 15 is 0 Å². The topological polar surface area (TPSA) is 130 Å². The Morgan fingerprint density at radius 3 is 2.74 bits per heavy atom. The quantitative estimate of drug-likeness (QED) is 0.255. The van der Waals surface area contributed by atoms with Gasteiger partial charge >= 0.3 is 5.97 Å². The number of hydrogen-bond acceptors (Lipinski definition) is 8. The second-order valence-electron chi connectivity index (χ2n) is 8.42. The molecule has 188 valence electrons. The number of imidazole rings is 1. The molecule has 1 saturated heterocycles. The van der Waals surface area contributed by atoms with Crippen LogP contribution in [-0.2, 0) is 37.4 Å². The summed E-state index contributed by atoms with van der Waals surface area (Å²) in [5.74, 6) is 0.883. The molecule has 0 aliphatic carbocycles. The van der Waals surface area contributed by atoms with E-state index in [1.54, 1.807) is 10.4 Å². The second-order valence-corrected chi connectivity index (χ2v) is 10.5. The molecular weight excluding hydrogens is 470 g/mol. The summed E-state index contributed by atoms with van der Waals surface area (Å²) in [5, 5.41) is 0.891. The van der Waals surface area contributed by atoms with Crippen molar-refractivity contribution in [3.63, 3.8) is 0 Å². The van der Waals surface area contributed by atoms with E-state index in [2.05, 4.69) is 14.3 Å². The van der Waals surface area contributed by atoms with Crippen LogP contribution >= 0.6 is 0 Å². The van der Waals surface area contributed by atoms with Crippen molar-refractivity contribution in [1.82, 2.24) is 18.8 Å². The van der Waals surface area contributed by atoms with Crippen molar-refractivity contribution in [2.45, 2.75) is 39.3 Å². The third-order valence-corrected chi connectivity index (χ3v) is 8.05. The maximum absolute atomic E-state index is 12.1. The average Bonchev–Trinajstić information content (AvgIpc) is 3.38. The summed E-state index contributed by atoms with van der Waals surface area (Å²) in [5.41, 5.74) is 9.28. The number of ether oxygens (including phenoxy) is 2. The average molecular weight is 502 g/mol. The number of carbonyl (C=O) groups is 1. The molecule has 0 unspecified atom stereocenters. The SMILES string of the molecule is CCOCc1nc2c(N)nc3cc(/C=C/C(=O)OC)ccc3c2n1CCCCN1CCCS1(=O)=O. The first-order valence-electron chi connectivity index (χ1n) is 11.7. The predicted molar refractivity (Wildman–Crippen MR) is 135 cm³/mol. The zero-order chi connectivity index (χ0) is 25.0. The summed E-state index contributed by atoms with van der Waals surface area (Å²) in [4.78, 5) is 20.7. The molecular formula is C24H31N5O5S. The van der Waals surface area contributed by atoms with E-state index in [-0.39, 0.29) is 5.75 Å². The van der Waals surface area contributed by atoms with Gasteiger partial charge in [0.2, 0.25) is 10.0 Å². The molecule has 0 amide bonds. The Balaban J connectivity index is 1.66. The molecule has 0 spiro atoms. The Bertz CT molecular complexity index is 1370. The van der Waals surface area contributed by atoms with Crippen LogP contribution in [0.25, 0.3) is 28.0 Å². The number of fused-ring (bicyclic) bond motifs is 3. The lowest BCUT2D eigenvalue weighted by Crippen LogP contribution is -2.26. The Hall–Kier alpha value is -3.02. The number of rotatable bonds is 10. The van der Waals surface area contributed by atoms with E-state index in [9.17, 15) is 13.2 Å². The van der Waals surface area contributed by atoms with Gasteiger partial charge in [-0.1, -0.05) is 12.1 Å². The fraction of sp³-hybridized carbons (Fsp3) is 0.458. The van der Waals surface area contributed by atoms with Crippen molar-refractivity contribution >= 4 is 49.8 Å². The van der Waals surface area contributed by atoms with Gasteiger partial charge in [-0.05, 0) is 43.9 Å². The van der Waals surface area contributed by atoms with Crippen molar-refractivity contribution in [3.05, 3.63) is 35.7 Å². The molecule has 0 bridgehead atoms. The number of nitrogen functional groups attached to an aromatic ring is 1. The number of aryl methyl sites for hydroxylation is 1. The smallest absolute Gasteiger partial charge is 0.330 e. The largest absolute Gasteiger partial charge is 0.466 e. The highest BCUT2D eigenvalue weighted by molar-refractivity contribution is 7.89. The number of carbonyl (C=O) groups excluding carboxylic acids is 1. The third kappa shape index (κ3) is 5.47. The second kappa shape index (κ2) is 10.7. The first kappa shape index (κ1) is 25.1. The number of nitrogens with two attached hydrogens (primary N) is 1. The Labute approximate surface area is 204 Å². The van der Waals surface area contributed by atoms with Gasteiger partial charge in [0.15, 0.2) is 5.82 Å². The van der Waals surface area contributed by atoms with Crippen molar-refractivity contribution in [2.75, 3.05) is 38.3 Å². The molecule has 10 nitrogen and oxygen atoms in total. The van der Waals surface area contributed by atoms with Crippen LogP contribution in [0.2, 0.25) is 0 Å². The highest BCUT2D eigenvalue weighted by Crippen LogP contribution is 2.30. The van der Waals surface area contributed by atoms with Crippen LogP contribution in [0, 0.1) is 0 Å². The van der Waals surface area contributed by atoms with Crippen LogP contribution in [-0.4, -0.2) is 65.8 Å². The van der Waals surface area contributed by atoms with Crippen LogP contribution in [0.5, 0.6) is 0 Å². The van der Waals surface area contributed by atoms with Gasteiger partial charge in [0.05, 0.1) is 23.9 Å². The van der Waals surface area contributed by atoms with Gasteiger partial charge in [0, 0.05) is 37.7 Å². The molecule has 1 aliphatic rings. The van der Waals surface area contributed by atoms with Gasteiger partial charge in [0.1, 0.15) is 17.9 Å². The van der Waals surface area contributed by atoms with Crippen LogP contribution in [0.4, 0.5) is 5.82 Å². The fourth-order valence-corrected chi connectivity index (χ4v) is 5.92. The maximum atomic E-state index is 12.1. The lowest BCUT2D eigenvalue weighted by Gasteiger charge is -2.15. The van der Waals surface area contributed by atoms with E-state index in [0.29, 0.717) is 56.1 Å². The lowest BCUT2D eigenvalue weighted by atomic mass is 10.1. The minimum absolute atomic E-state index is 0.243. The maximum Gasteiger partial charge on any atom is 0.330 e. The molecule has 0 radical (unpaired) electrons. The molecule has 0 atom stereocenters. The zero-order valence-electron chi connectivity index (χ0n) is 20.1. The molecule has 2 aromatic heterocycles. The monoisotopic (exact) mass is 501 g/mol. The summed E-state index contributed by atoms with van der Waals surface area (Å²) in [6, 6.07) is 5.71. The standard InChI is InChI=1S/C24H31N5O5S/c1-3-34-16-20-27-22-23(29(20)13-5-4-11-28-12-6-14-35(28,31)32)18-9-7-17(8-10-21(30)33-2)15-19(18)26-24(22)25/h7-10,15H,3-6,11-14,16H2,1-2H3,(H2,25,26)/b10-8+. The Kier molecular flexibility index (Phi) is 7.68. The van der Waals surface area contributed by atoms with Crippen LogP contribution in [0.15, 0.2) is 24.3 Å². The summed E-state index contributed by atoms with van der Waals surface area (Å²) in [7, 11) is -1.76. The fourth-order valence-electron chi connectivity index (χ4n) is 4.36. The third-order valence-electron chi connectivity index (χ3n) is 6.10. The molecule has 4 rings (SSSR count). The molecule has 35 heavy (non-hydrogen) atoms. The van der Waals surface area contributed by atoms with Crippen molar-refractivity contribution in [3.8, 4) is 0 Å². The molecule has 11 heteroatoms. The highest BCUT2D eigenvalue weighted by atomic mass is 32.2. The van der Waals surface area contributed by atoms with Gasteiger partial charge in [-0.25, -0.2) is 27.5 Å². The first-order chi connectivity index (χ1) is 16.8. The van der Waals surface area contributed by atoms with E-state index in [4.69, 9.17) is 15.5 Å². The van der Waals surface area contributed by atoms with Gasteiger partial charge in [-0.15, -0.1) is 0 Å². The lowest BCUT2D eigenvalue weighted by molar-refractivity contribution is -0.134. The number of sulfonamides is 1. The molecule has 2 N–H and O–H groups in total. The predicted octanol–water partition coefficient (Wildman–Crippen LogP) is 2.71. The number of pyridine rings is 1. The first-order valence-corrected chi connectivity index (χ1v) is 13.3. The van der Waals surface area contributed by atoms with E-state index in [1.165, 1.54) is 13.2 Å². The molecule has 1 fully saturated rings. The van der Waals surface area contributed by atoms with E-state index in [0.717, 1.165) is 35.1 Å². The molecule has 3 aromatic rings. The van der Waals surface area contributed by atoms with Crippen molar-refractivity contribution in [2.24, 2.45) is 0 Å². The summed E-state index contributed by atoms with van der Waals surface area (Å²) < 4.78 is 38.2. The molecule has 1 aromatic carbocycles. The number of unbranched alkanes of at least 4 members (excludes halogenated alkanes) is 1. The van der Waals surface area contributed by atoms with Gasteiger partial charge < -0.3 is 19.8 Å². The van der Waals surface area contributed by atoms with E-state index < -0.39 is 16.0 Å². The van der Waals surface area contributed by atoms with Gasteiger partial charge in [0.25, 0.3) is 0 Å². The van der Waals surface area contributed by atoms with Crippen LogP contribution in [0.1, 0.15) is 37.6 Å². The number of esters is 1. The van der Waals surface area contributed by atoms with E-state index in [1.807, 2.05) is 25.1 Å². The number of aromatic nitrogens is 3. The number of anilines is 1. The number of benzene rings is 1. The minimum atomic E-state index is -3.09. The summed E-state index contributed by atoms with van der Waals surface area (Å²) >= 11 is 0. The molecule has 0 saturated carbocycles. The molecule has 3 heterocycles. The van der Waals surface area contributed by atoms with Crippen molar-refractivity contribution < 1.29 is 22.7 Å². The Morgan fingerprint density at radius 2 is 2.03 bits per heavy atom. The zero-order valence-corrected chi connectivity index (χ0v) is 20.9. The van der Waals surface area contributed by atoms with Crippen LogP contribution < -0.4 is 5.73 Å². The highest BCUT2D eigenvalue weighted by Gasteiger charge is 2.27. The molecule has 1 aliphatic heterocycles. The number of methoxy groups -OCH3 is 1. The number of hydrogen-bond donors (Lipinski definition) is 1. The summed E-state index contributed by atoms with van der Waals surface area (Å²) in [6.45, 7) is 4.60. The van der Waals surface area contributed by atoms with Crippen LogP contribution in [0.3, 0.4) is 0 Å². The Morgan fingerprint density at radius 1 is 1.23 bits per heavy atom. The van der Waals surface area contributed by atoms with Gasteiger partial charge in [-0.3, -0.25) is 0 Å². The summed E-state index contributed by atoms with van der Waals surface area (Å²) in [6.07, 6.45) is 5.24. The minimum Gasteiger partial charge on any atom is -0.466 e. The normalized spacial score (nSPS) is 16.1. The number of nitrogens with zero attached hydrogens (tertiary/aromatic N) is 4.